The summed E-state index contributed by atoms with van der Waals surface area (Å²) < 4.78 is 0. The van der Waals surface area contributed by atoms with Crippen LogP contribution in [0.15, 0.2) is 24.4 Å². The highest BCUT2D eigenvalue weighted by Crippen LogP contribution is 2.11. The summed E-state index contributed by atoms with van der Waals surface area (Å²) in [6.07, 6.45) is 6.60. The highest BCUT2D eigenvalue weighted by molar-refractivity contribution is 5.93. The minimum Gasteiger partial charge on any atom is -0.349 e. The first-order chi connectivity index (χ1) is 9.70. The fourth-order valence-electron chi connectivity index (χ4n) is 1.75. The minimum absolute atomic E-state index is 0.234. The van der Waals surface area contributed by atoms with Gasteiger partial charge in [-0.25, -0.2) is 4.98 Å². The Morgan fingerprint density at radius 3 is 3.00 bits per heavy atom. The third kappa shape index (κ3) is 3.53. The summed E-state index contributed by atoms with van der Waals surface area (Å²) in [7, 11) is 0. The van der Waals surface area contributed by atoms with Gasteiger partial charge in [0.15, 0.2) is 0 Å². The second kappa shape index (κ2) is 6.64. The molecule has 5 nitrogen and oxygen atoms in total. The summed E-state index contributed by atoms with van der Waals surface area (Å²) in [5, 5.41) is 5.75. The lowest BCUT2D eigenvalue weighted by Gasteiger charge is -2.05. The largest absolute Gasteiger partial charge is 0.349 e. The molecule has 5 heteroatoms. The van der Waals surface area contributed by atoms with Crippen molar-refractivity contribution in [1.29, 1.82) is 0 Å². The quantitative estimate of drug-likeness (QED) is 0.624. The van der Waals surface area contributed by atoms with Gasteiger partial charge in [-0.1, -0.05) is 12.0 Å². The Balaban J connectivity index is 2.00. The smallest absolute Gasteiger partial charge is 0.271 e. The first-order valence-electron chi connectivity index (χ1n) is 6.36. The number of carbonyl (C=O) groups excluding carboxylic acids is 1. The zero-order chi connectivity index (χ0) is 14.4. The summed E-state index contributed by atoms with van der Waals surface area (Å²) in [6, 6.07) is 5.75. The highest BCUT2D eigenvalue weighted by Gasteiger charge is 2.08. The molecule has 2 rings (SSSR count). The summed E-state index contributed by atoms with van der Waals surface area (Å²) in [6.45, 7) is 3.60. The van der Waals surface area contributed by atoms with Crippen LogP contribution >= 0.6 is 0 Å². The molecular formula is C15H16N4O. The Labute approximate surface area is 117 Å². The average Bonchev–Trinajstić information content (AvgIpc) is 2.46. The van der Waals surface area contributed by atoms with Crippen molar-refractivity contribution >= 4 is 16.9 Å². The molecule has 1 amide bonds. The molecule has 20 heavy (non-hydrogen) atoms. The third-order valence-electron chi connectivity index (χ3n) is 2.74. The van der Waals surface area contributed by atoms with E-state index in [9.17, 15) is 4.79 Å². The predicted molar refractivity (Wildman–Crippen MR) is 78.3 cm³/mol. The van der Waals surface area contributed by atoms with Gasteiger partial charge in [-0.3, -0.25) is 9.78 Å². The second-order valence-electron chi connectivity index (χ2n) is 4.38. The molecule has 0 fully saturated rings. The van der Waals surface area contributed by atoms with Crippen molar-refractivity contribution in [3.63, 3.8) is 0 Å². The maximum atomic E-state index is 11.9. The molecule has 1 aromatic heterocycles. The zero-order valence-electron chi connectivity index (χ0n) is 11.3. The van der Waals surface area contributed by atoms with Crippen molar-refractivity contribution in [1.82, 2.24) is 20.6 Å². The second-order valence-corrected chi connectivity index (χ2v) is 4.38. The van der Waals surface area contributed by atoms with Gasteiger partial charge in [-0.15, -0.1) is 6.42 Å². The van der Waals surface area contributed by atoms with Crippen molar-refractivity contribution < 1.29 is 4.79 Å². The number of hydrogen-bond acceptors (Lipinski definition) is 4. The van der Waals surface area contributed by atoms with Gasteiger partial charge in [0.1, 0.15) is 5.69 Å². The van der Waals surface area contributed by atoms with E-state index >= 15 is 0 Å². The molecule has 1 aromatic carbocycles. The Kier molecular flexibility index (Phi) is 4.64. The zero-order valence-corrected chi connectivity index (χ0v) is 11.3. The molecular weight excluding hydrogens is 252 g/mol. The van der Waals surface area contributed by atoms with Crippen LogP contribution in [-0.2, 0) is 0 Å². The van der Waals surface area contributed by atoms with E-state index in [0.29, 0.717) is 30.8 Å². The van der Waals surface area contributed by atoms with Crippen molar-refractivity contribution in [2.45, 2.75) is 6.92 Å². The van der Waals surface area contributed by atoms with E-state index in [2.05, 4.69) is 26.5 Å². The molecule has 0 aliphatic carbocycles. The van der Waals surface area contributed by atoms with E-state index in [-0.39, 0.29) is 5.91 Å². The number of amides is 1. The van der Waals surface area contributed by atoms with Crippen LogP contribution in [-0.4, -0.2) is 35.5 Å². The number of terminal acetylenes is 1. The van der Waals surface area contributed by atoms with Crippen LogP contribution in [0, 0.1) is 19.3 Å². The van der Waals surface area contributed by atoms with Crippen LogP contribution in [0.3, 0.4) is 0 Å². The maximum absolute atomic E-state index is 11.9. The topological polar surface area (TPSA) is 66.9 Å². The summed E-state index contributed by atoms with van der Waals surface area (Å²) >= 11 is 0. The van der Waals surface area contributed by atoms with E-state index < -0.39 is 0 Å². The molecule has 0 atom stereocenters. The van der Waals surface area contributed by atoms with Gasteiger partial charge in [0.05, 0.1) is 23.8 Å². The summed E-state index contributed by atoms with van der Waals surface area (Å²) in [4.78, 5) is 20.5. The first kappa shape index (κ1) is 14.0. The molecule has 0 saturated carbocycles. The number of aryl methyl sites for hydroxylation is 1. The molecule has 0 radical (unpaired) electrons. The molecule has 2 N–H and O–H groups in total. The van der Waals surface area contributed by atoms with Crippen LogP contribution in [0.2, 0.25) is 0 Å². The van der Waals surface area contributed by atoms with Gasteiger partial charge < -0.3 is 10.6 Å². The van der Waals surface area contributed by atoms with Gasteiger partial charge in [0.25, 0.3) is 5.91 Å². The molecule has 102 valence electrons. The first-order valence-corrected chi connectivity index (χ1v) is 6.36. The fourth-order valence-corrected chi connectivity index (χ4v) is 1.75. The molecule has 0 bridgehead atoms. The fraction of sp³-hybridized carbons (Fsp3) is 0.267. The number of rotatable bonds is 5. The van der Waals surface area contributed by atoms with Crippen molar-refractivity contribution in [2.24, 2.45) is 0 Å². The number of nitrogens with zero attached hydrogens (tertiary/aromatic N) is 2. The Bertz CT molecular complexity index is 660. The molecule has 0 unspecified atom stereocenters. The van der Waals surface area contributed by atoms with E-state index in [4.69, 9.17) is 6.42 Å². The van der Waals surface area contributed by atoms with Gasteiger partial charge in [0, 0.05) is 13.1 Å². The van der Waals surface area contributed by atoms with Crippen molar-refractivity contribution in [3.05, 3.63) is 35.7 Å². The van der Waals surface area contributed by atoms with Gasteiger partial charge in [0.2, 0.25) is 0 Å². The van der Waals surface area contributed by atoms with Gasteiger partial charge >= 0.3 is 0 Å². The van der Waals surface area contributed by atoms with Gasteiger partial charge in [-0.05, 0) is 24.6 Å². The molecule has 0 aliphatic rings. The molecule has 2 aromatic rings. The van der Waals surface area contributed by atoms with Crippen molar-refractivity contribution in [3.8, 4) is 12.3 Å². The van der Waals surface area contributed by atoms with E-state index in [0.717, 1.165) is 11.1 Å². The van der Waals surface area contributed by atoms with Crippen LogP contribution in [0.5, 0.6) is 0 Å². The summed E-state index contributed by atoms with van der Waals surface area (Å²) in [5.41, 5.74) is 2.94. The average molecular weight is 268 g/mol. The van der Waals surface area contributed by atoms with E-state index in [1.807, 2.05) is 25.1 Å². The maximum Gasteiger partial charge on any atom is 0.271 e. The minimum atomic E-state index is -0.234. The Morgan fingerprint density at radius 2 is 2.20 bits per heavy atom. The molecule has 0 saturated heterocycles. The molecule has 0 aliphatic heterocycles. The van der Waals surface area contributed by atoms with Crippen molar-refractivity contribution in [2.75, 3.05) is 19.6 Å². The number of hydrogen-bond donors (Lipinski definition) is 2. The van der Waals surface area contributed by atoms with Crippen LogP contribution in [0.4, 0.5) is 0 Å². The van der Waals surface area contributed by atoms with E-state index in [1.165, 1.54) is 6.20 Å². The third-order valence-corrected chi connectivity index (χ3v) is 2.74. The monoisotopic (exact) mass is 268 g/mol. The normalized spacial score (nSPS) is 10.2. The van der Waals surface area contributed by atoms with E-state index in [1.54, 1.807) is 0 Å². The number of carbonyl (C=O) groups is 1. The Morgan fingerprint density at radius 1 is 1.35 bits per heavy atom. The number of fused-ring (bicyclic) bond motifs is 1. The van der Waals surface area contributed by atoms with Crippen LogP contribution in [0.25, 0.3) is 11.0 Å². The standard InChI is InChI=1S/C15H16N4O/c1-3-6-16-7-8-17-15(20)14-10-18-13-9-11(2)4-5-12(13)19-14/h1,4-5,9-10,16H,6-8H2,2H3,(H,17,20). The lowest BCUT2D eigenvalue weighted by Crippen LogP contribution is -2.32. The number of benzene rings is 1. The summed E-state index contributed by atoms with van der Waals surface area (Å²) in [5.74, 6) is 2.23. The van der Waals surface area contributed by atoms with Crippen LogP contribution in [0.1, 0.15) is 16.1 Å². The predicted octanol–water partition coefficient (Wildman–Crippen LogP) is 0.891. The highest BCUT2D eigenvalue weighted by atomic mass is 16.1. The molecule has 0 spiro atoms. The lowest BCUT2D eigenvalue weighted by molar-refractivity contribution is 0.0949. The number of aromatic nitrogens is 2. The lowest BCUT2D eigenvalue weighted by atomic mass is 10.2. The SMILES string of the molecule is C#CCNCCNC(=O)c1cnc2cc(C)ccc2n1. The number of nitrogens with one attached hydrogen (secondary N) is 2. The molecule has 1 heterocycles. The van der Waals surface area contributed by atoms with Crippen LogP contribution < -0.4 is 10.6 Å². The van der Waals surface area contributed by atoms with Gasteiger partial charge in [-0.2, -0.15) is 0 Å². The Hall–Kier alpha value is -2.45.